The molecule has 0 saturated heterocycles. The summed E-state index contributed by atoms with van der Waals surface area (Å²) >= 11 is 0. The molecule has 0 saturated carbocycles. The number of hydrogen-bond acceptors (Lipinski definition) is 7. The number of ketones is 1. The lowest BCUT2D eigenvalue weighted by molar-refractivity contribution is -0.173. The minimum Gasteiger partial charge on any atom is -0.451 e. The van der Waals surface area contributed by atoms with E-state index in [4.69, 9.17) is 4.74 Å². The van der Waals surface area contributed by atoms with Gasteiger partial charge in [-0.15, -0.1) is 0 Å². The average molecular weight is 601 g/mol. The van der Waals surface area contributed by atoms with Crippen molar-refractivity contribution in [3.63, 3.8) is 0 Å². The summed E-state index contributed by atoms with van der Waals surface area (Å²) in [6, 6.07) is 0. The molecule has 250 valence electrons. The SMILES string of the molecule is CCCCCCCCCCCCCCCC(CCCCCCCCCCCC)C(=O)O[C@H](C(=O)CO)[C@H](O)[C@H](O)CO. The maximum Gasteiger partial charge on any atom is 0.309 e. The van der Waals surface area contributed by atoms with Gasteiger partial charge >= 0.3 is 5.97 Å². The van der Waals surface area contributed by atoms with Gasteiger partial charge in [-0.25, -0.2) is 0 Å². The molecule has 0 spiro atoms. The van der Waals surface area contributed by atoms with Gasteiger partial charge < -0.3 is 25.2 Å². The van der Waals surface area contributed by atoms with Crippen LogP contribution < -0.4 is 0 Å². The van der Waals surface area contributed by atoms with Gasteiger partial charge in [-0.1, -0.05) is 162 Å². The number of rotatable bonds is 32. The molecule has 0 bridgehead atoms. The molecule has 4 N–H and O–H groups in total. The first-order valence-electron chi connectivity index (χ1n) is 17.7. The summed E-state index contributed by atoms with van der Waals surface area (Å²) in [5.41, 5.74) is 0. The molecule has 0 aromatic carbocycles. The zero-order valence-electron chi connectivity index (χ0n) is 27.4. The third kappa shape index (κ3) is 22.5. The maximum atomic E-state index is 13.1. The first kappa shape index (κ1) is 41.0. The lowest BCUT2D eigenvalue weighted by atomic mass is 9.93. The monoisotopic (exact) mass is 600 g/mol. The highest BCUT2D eigenvalue weighted by Gasteiger charge is 2.36. The van der Waals surface area contributed by atoms with Gasteiger partial charge in [-0.3, -0.25) is 9.59 Å². The number of hydrogen-bond donors (Lipinski definition) is 4. The summed E-state index contributed by atoms with van der Waals surface area (Å²) in [7, 11) is 0. The van der Waals surface area contributed by atoms with Gasteiger partial charge in [0.2, 0.25) is 5.78 Å². The lowest BCUT2D eigenvalue weighted by Crippen LogP contribution is -2.48. The van der Waals surface area contributed by atoms with Crippen molar-refractivity contribution in [3.05, 3.63) is 0 Å². The quantitative estimate of drug-likeness (QED) is 0.0463. The summed E-state index contributed by atoms with van der Waals surface area (Å²) in [6.45, 7) is 2.77. The van der Waals surface area contributed by atoms with E-state index in [-0.39, 0.29) is 5.92 Å². The Morgan fingerprint density at radius 2 is 0.881 bits per heavy atom. The van der Waals surface area contributed by atoms with Crippen LogP contribution in [0.15, 0.2) is 0 Å². The van der Waals surface area contributed by atoms with E-state index in [2.05, 4.69) is 13.8 Å². The van der Waals surface area contributed by atoms with Gasteiger partial charge in [-0.2, -0.15) is 0 Å². The third-order valence-electron chi connectivity index (χ3n) is 8.50. The fraction of sp³-hybridized carbons (Fsp3) is 0.943. The van der Waals surface area contributed by atoms with Crippen molar-refractivity contribution in [2.24, 2.45) is 5.92 Å². The van der Waals surface area contributed by atoms with E-state index in [0.29, 0.717) is 12.8 Å². The Labute approximate surface area is 258 Å². The second kappa shape index (κ2) is 30.0. The predicted molar refractivity (Wildman–Crippen MR) is 171 cm³/mol. The van der Waals surface area contributed by atoms with Crippen molar-refractivity contribution < 1.29 is 34.8 Å². The van der Waals surface area contributed by atoms with Crippen molar-refractivity contribution in [2.45, 2.75) is 193 Å². The van der Waals surface area contributed by atoms with Crippen molar-refractivity contribution in [3.8, 4) is 0 Å². The number of aliphatic hydroxyl groups excluding tert-OH is 4. The minimum absolute atomic E-state index is 0.390. The molecule has 1 unspecified atom stereocenters. The normalized spacial score (nSPS) is 14.4. The number of carbonyl (C=O) groups excluding carboxylic acids is 2. The average Bonchev–Trinajstić information content (AvgIpc) is 3.00. The largest absolute Gasteiger partial charge is 0.451 e. The van der Waals surface area contributed by atoms with Crippen molar-refractivity contribution in [1.82, 2.24) is 0 Å². The number of Topliss-reactive ketones (excluding diaryl/α,β-unsaturated/α-hetero) is 1. The maximum absolute atomic E-state index is 13.1. The number of aliphatic hydroxyl groups is 4. The topological polar surface area (TPSA) is 124 Å². The molecule has 42 heavy (non-hydrogen) atoms. The predicted octanol–water partition coefficient (Wildman–Crippen LogP) is 7.58. The van der Waals surface area contributed by atoms with Crippen LogP contribution in [0.25, 0.3) is 0 Å². The molecular weight excluding hydrogens is 532 g/mol. The van der Waals surface area contributed by atoms with Gasteiger partial charge in [-0.05, 0) is 12.8 Å². The Kier molecular flexibility index (Phi) is 29.3. The first-order chi connectivity index (χ1) is 20.4. The molecule has 0 aromatic rings. The summed E-state index contributed by atoms with van der Waals surface area (Å²) < 4.78 is 5.39. The van der Waals surface area contributed by atoms with Crippen LogP contribution >= 0.6 is 0 Å². The van der Waals surface area contributed by atoms with E-state index in [1.54, 1.807) is 0 Å². The molecule has 0 rings (SSSR count). The van der Waals surface area contributed by atoms with Crippen molar-refractivity contribution in [1.29, 1.82) is 0 Å². The summed E-state index contributed by atoms with van der Waals surface area (Å²) in [5, 5.41) is 38.5. The van der Waals surface area contributed by atoms with E-state index in [1.165, 1.54) is 109 Å². The fourth-order valence-corrected chi connectivity index (χ4v) is 5.61. The van der Waals surface area contributed by atoms with Crippen LogP contribution in [0.3, 0.4) is 0 Å². The number of ether oxygens (including phenoxy) is 1. The highest BCUT2D eigenvalue weighted by atomic mass is 16.6. The van der Waals surface area contributed by atoms with Crippen molar-refractivity contribution in [2.75, 3.05) is 13.2 Å². The molecular formula is C35H68O7. The van der Waals surface area contributed by atoms with E-state index < -0.39 is 43.3 Å². The molecule has 0 fully saturated rings. The first-order valence-corrected chi connectivity index (χ1v) is 17.7. The Balaban J connectivity index is 4.57. The Morgan fingerprint density at radius 3 is 1.19 bits per heavy atom. The molecule has 7 nitrogen and oxygen atoms in total. The molecule has 7 heteroatoms. The Bertz CT molecular complexity index is 612. The number of carbonyl (C=O) groups is 2. The van der Waals surface area contributed by atoms with Gasteiger partial charge in [0.05, 0.1) is 12.5 Å². The highest BCUT2D eigenvalue weighted by molar-refractivity contribution is 5.87. The second-order valence-corrected chi connectivity index (χ2v) is 12.4. The zero-order valence-corrected chi connectivity index (χ0v) is 27.4. The minimum atomic E-state index is -1.78. The molecule has 0 aliphatic carbocycles. The molecule has 0 amide bonds. The standard InChI is InChI=1S/C35H68O7/c1-3-5-7-9-11-13-15-16-17-19-21-23-25-27-30(26-24-22-20-18-14-12-10-8-6-4-2)35(41)42-34(32(39)29-37)33(40)31(38)28-36/h30-31,33-34,36-38,40H,3-29H2,1-2H3/t30?,31-,33-,34-/m1/s1. The van der Waals surface area contributed by atoms with Gasteiger partial charge in [0.25, 0.3) is 0 Å². The molecule has 0 aromatic heterocycles. The van der Waals surface area contributed by atoms with Crippen LogP contribution in [0.5, 0.6) is 0 Å². The van der Waals surface area contributed by atoms with Gasteiger partial charge in [0.1, 0.15) is 18.8 Å². The summed E-state index contributed by atoms with van der Waals surface area (Å²) in [6.07, 6.45) is 24.5. The molecule has 4 atom stereocenters. The highest BCUT2D eigenvalue weighted by Crippen LogP contribution is 2.23. The summed E-state index contributed by atoms with van der Waals surface area (Å²) in [4.78, 5) is 25.3. The van der Waals surface area contributed by atoms with Crippen LogP contribution in [0.2, 0.25) is 0 Å². The van der Waals surface area contributed by atoms with Crippen LogP contribution in [0.4, 0.5) is 0 Å². The Morgan fingerprint density at radius 1 is 0.548 bits per heavy atom. The summed E-state index contributed by atoms with van der Waals surface area (Å²) in [5.74, 6) is -1.85. The number of esters is 1. The second-order valence-electron chi connectivity index (χ2n) is 12.4. The van der Waals surface area contributed by atoms with Crippen LogP contribution in [0.1, 0.15) is 174 Å². The Hall–Kier alpha value is -1.02. The fourth-order valence-electron chi connectivity index (χ4n) is 5.61. The molecule has 0 radical (unpaired) electrons. The molecule has 0 heterocycles. The van der Waals surface area contributed by atoms with Crippen LogP contribution in [0, 0.1) is 5.92 Å². The number of unbranched alkanes of at least 4 members (excludes halogenated alkanes) is 21. The van der Waals surface area contributed by atoms with Gasteiger partial charge in [0, 0.05) is 0 Å². The van der Waals surface area contributed by atoms with Crippen molar-refractivity contribution >= 4 is 11.8 Å². The van der Waals surface area contributed by atoms with E-state index in [1.807, 2.05) is 0 Å². The molecule has 0 aliphatic rings. The molecule has 0 aliphatic heterocycles. The van der Waals surface area contributed by atoms with E-state index >= 15 is 0 Å². The lowest BCUT2D eigenvalue weighted by Gasteiger charge is -2.26. The van der Waals surface area contributed by atoms with Crippen LogP contribution in [-0.2, 0) is 14.3 Å². The van der Waals surface area contributed by atoms with Crippen LogP contribution in [-0.4, -0.2) is 63.7 Å². The third-order valence-corrected chi connectivity index (χ3v) is 8.50. The van der Waals surface area contributed by atoms with E-state index in [9.17, 15) is 30.0 Å². The van der Waals surface area contributed by atoms with Gasteiger partial charge in [0.15, 0.2) is 6.10 Å². The van der Waals surface area contributed by atoms with E-state index in [0.717, 1.165) is 38.5 Å². The smallest absolute Gasteiger partial charge is 0.309 e. The zero-order chi connectivity index (χ0) is 31.3.